The number of halogens is 1. The Kier molecular flexibility index (Phi) is 5.66. The van der Waals surface area contributed by atoms with Crippen LogP contribution in [-0.2, 0) is 16.1 Å². The molecular formula is C16H15BrN2O3. The molecule has 1 N–H and O–H groups in total. The summed E-state index contributed by atoms with van der Waals surface area (Å²) in [6.07, 6.45) is 2.95. The van der Waals surface area contributed by atoms with Crippen molar-refractivity contribution in [3.63, 3.8) is 0 Å². The van der Waals surface area contributed by atoms with Gasteiger partial charge in [0.05, 0.1) is 5.56 Å². The lowest BCUT2D eigenvalue weighted by Gasteiger charge is -2.08. The van der Waals surface area contributed by atoms with Crippen LogP contribution in [0.15, 0.2) is 47.2 Å². The molecule has 1 heterocycles. The normalized spacial score (nSPS) is 10.1. The molecule has 0 spiro atoms. The van der Waals surface area contributed by atoms with Gasteiger partial charge in [-0.3, -0.25) is 9.78 Å². The van der Waals surface area contributed by atoms with Crippen LogP contribution in [0.5, 0.6) is 0 Å². The van der Waals surface area contributed by atoms with Gasteiger partial charge in [-0.2, -0.15) is 0 Å². The minimum Gasteiger partial charge on any atom is -0.452 e. The largest absolute Gasteiger partial charge is 0.452 e. The number of nitrogens with zero attached hydrogens (tertiary/aromatic N) is 1. The molecule has 0 atom stereocenters. The number of aromatic nitrogens is 1. The molecule has 0 bridgehead atoms. The molecule has 2 rings (SSSR count). The summed E-state index contributed by atoms with van der Waals surface area (Å²) >= 11 is 3.22. The maximum atomic E-state index is 11.8. The summed E-state index contributed by atoms with van der Waals surface area (Å²) in [6, 6.07) is 9.35. The van der Waals surface area contributed by atoms with Gasteiger partial charge in [-0.25, -0.2) is 4.79 Å². The molecule has 6 heteroatoms. The predicted molar refractivity (Wildman–Crippen MR) is 85.2 cm³/mol. The van der Waals surface area contributed by atoms with E-state index in [1.807, 2.05) is 31.2 Å². The maximum absolute atomic E-state index is 11.8. The van der Waals surface area contributed by atoms with E-state index in [9.17, 15) is 9.59 Å². The fourth-order valence-electron chi connectivity index (χ4n) is 1.79. The number of aryl methyl sites for hydroxylation is 1. The van der Waals surface area contributed by atoms with Crippen molar-refractivity contribution in [1.29, 1.82) is 0 Å². The molecule has 0 saturated carbocycles. The van der Waals surface area contributed by atoms with E-state index >= 15 is 0 Å². The fraction of sp³-hybridized carbons (Fsp3) is 0.188. The molecule has 0 aliphatic heterocycles. The lowest BCUT2D eigenvalue weighted by molar-refractivity contribution is -0.124. The van der Waals surface area contributed by atoms with Crippen LogP contribution in [0.3, 0.4) is 0 Å². The van der Waals surface area contributed by atoms with Crippen molar-refractivity contribution in [2.24, 2.45) is 0 Å². The van der Waals surface area contributed by atoms with Crippen molar-refractivity contribution in [2.75, 3.05) is 6.61 Å². The van der Waals surface area contributed by atoms with Gasteiger partial charge in [-0.1, -0.05) is 24.3 Å². The second-order valence-electron chi connectivity index (χ2n) is 4.67. The van der Waals surface area contributed by atoms with Crippen LogP contribution in [-0.4, -0.2) is 23.5 Å². The van der Waals surface area contributed by atoms with Crippen molar-refractivity contribution >= 4 is 27.8 Å². The number of carbonyl (C=O) groups is 2. The van der Waals surface area contributed by atoms with Gasteiger partial charge in [-0.05, 0) is 40.0 Å². The fourth-order valence-corrected chi connectivity index (χ4v) is 2.16. The second-order valence-corrected chi connectivity index (χ2v) is 5.59. The molecule has 0 saturated heterocycles. The first-order valence-corrected chi connectivity index (χ1v) is 7.44. The molecule has 1 aromatic carbocycles. The summed E-state index contributed by atoms with van der Waals surface area (Å²) in [4.78, 5) is 27.4. The Hall–Kier alpha value is -2.21. The van der Waals surface area contributed by atoms with E-state index in [1.54, 1.807) is 12.3 Å². The number of carbonyl (C=O) groups excluding carboxylic acids is 2. The topological polar surface area (TPSA) is 68.3 Å². The number of esters is 1. The Bertz CT molecular complexity index is 689. The summed E-state index contributed by atoms with van der Waals surface area (Å²) in [5, 5.41) is 2.72. The van der Waals surface area contributed by atoms with Crippen LogP contribution in [0.2, 0.25) is 0 Å². The number of benzene rings is 1. The highest BCUT2D eigenvalue weighted by Gasteiger charge is 2.11. The number of ether oxygens (including phenoxy) is 1. The van der Waals surface area contributed by atoms with E-state index in [-0.39, 0.29) is 12.5 Å². The Morgan fingerprint density at radius 3 is 2.77 bits per heavy atom. The Labute approximate surface area is 136 Å². The molecule has 0 radical (unpaired) electrons. The monoisotopic (exact) mass is 362 g/mol. The minimum atomic E-state index is -0.583. The molecule has 1 aromatic heterocycles. The molecule has 0 aliphatic rings. The van der Waals surface area contributed by atoms with Crippen LogP contribution < -0.4 is 5.32 Å². The average Bonchev–Trinajstić information content (AvgIpc) is 2.52. The third-order valence-electron chi connectivity index (χ3n) is 3.01. The number of pyridine rings is 1. The van der Waals surface area contributed by atoms with E-state index < -0.39 is 5.97 Å². The van der Waals surface area contributed by atoms with Gasteiger partial charge >= 0.3 is 5.97 Å². The maximum Gasteiger partial charge on any atom is 0.340 e. The predicted octanol–water partition coefficient (Wildman–Crippen LogP) is 2.63. The summed E-state index contributed by atoms with van der Waals surface area (Å²) in [6.45, 7) is 2.06. The summed E-state index contributed by atoms with van der Waals surface area (Å²) < 4.78 is 5.62. The first-order valence-electron chi connectivity index (χ1n) is 6.65. The third-order valence-corrected chi connectivity index (χ3v) is 3.45. The van der Waals surface area contributed by atoms with Gasteiger partial charge < -0.3 is 10.1 Å². The van der Waals surface area contributed by atoms with E-state index in [2.05, 4.69) is 26.2 Å². The SMILES string of the molecule is Cc1ccccc1CNC(=O)COC(=O)c1cncc(Br)c1. The van der Waals surface area contributed by atoms with E-state index in [0.717, 1.165) is 11.1 Å². The lowest BCUT2D eigenvalue weighted by atomic mass is 10.1. The molecule has 22 heavy (non-hydrogen) atoms. The van der Waals surface area contributed by atoms with Crippen molar-refractivity contribution in [2.45, 2.75) is 13.5 Å². The molecule has 114 valence electrons. The smallest absolute Gasteiger partial charge is 0.340 e. The summed E-state index contributed by atoms with van der Waals surface area (Å²) in [5.41, 5.74) is 2.42. The van der Waals surface area contributed by atoms with Crippen molar-refractivity contribution in [1.82, 2.24) is 10.3 Å². The minimum absolute atomic E-state index is 0.293. The van der Waals surface area contributed by atoms with Crippen LogP contribution >= 0.6 is 15.9 Å². The van der Waals surface area contributed by atoms with E-state index in [1.165, 1.54) is 6.20 Å². The molecule has 0 fully saturated rings. The lowest BCUT2D eigenvalue weighted by Crippen LogP contribution is -2.28. The summed E-state index contributed by atoms with van der Waals surface area (Å²) in [5.74, 6) is -0.931. The molecule has 5 nitrogen and oxygen atoms in total. The molecule has 2 aromatic rings. The van der Waals surface area contributed by atoms with Gasteiger partial charge in [0.1, 0.15) is 0 Å². The zero-order valence-corrected chi connectivity index (χ0v) is 13.6. The van der Waals surface area contributed by atoms with Crippen LogP contribution in [0.25, 0.3) is 0 Å². The van der Waals surface area contributed by atoms with Crippen LogP contribution in [0.1, 0.15) is 21.5 Å². The zero-order chi connectivity index (χ0) is 15.9. The van der Waals surface area contributed by atoms with Crippen LogP contribution in [0.4, 0.5) is 0 Å². The highest BCUT2D eigenvalue weighted by Crippen LogP contribution is 2.10. The number of nitrogens with one attached hydrogen (secondary N) is 1. The standard InChI is InChI=1S/C16H15BrN2O3/c1-11-4-2-3-5-12(11)8-19-15(20)10-22-16(21)13-6-14(17)9-18-7-13/h2-7,9H,8,10H2,1H3,(H,19,20). The van der Waals surface area contributed by atoms with Gasteiger partial charge in [0, 0.05) is 23.4 Å². The molecule has 0 unspecified atom stereocenters. The van der Waals surface area contributed by atoms with Crippen LogP contribution in [0, 0.1) is 6.92 Å². The number of hydrogen-bond donors (Lipinski definition) is 1. The Morgan fingerprint density at radius 1 is 1.27 bits per heavy atom. The third kappa shape index (κ3) is 4.66. The van der Waals surface area contributed by atoms with Gasteiger partial charge in [-0.15, -0.1) is 0 Å². The average molecular weight is 363 g/mol. The number of rotatable bonds is 5. The van der Waals surface area contributed by atoms with Crippen molar-refractivity contribution < 1.29 is 14.3 Å². The van der Waals surface area contributed by atoms with Gasteiger partial charge in [0.15, 0.2) is 6.61 Å². The second kappa shape index (κ2) is 7.70. The first kappa shape index (κ1) is 16.2. The number of amides is 1. The summed E-state index contributed by atoms with van der Waals surface area (Å²) in [7, 11) is 0. The number of hydrogen-bond acceptors (Lipinski definition) is 4. The van der Waals surface area contributed by atoms with E-state index in [0.29, 0.717) is 16.6 Å². The highest BCUT2D eigenvalue weighted by molar-refractivity contribution is 9.10. The molecule has 1 amide bonds. The van der Waals surface area contributed by atoms with Crippen molar-refractivity contribution in [3.05, 3.63) is 63.9 Å². The molecular weight excluding hydrogens is 348 g/mol. The molecule has 0 aliphatic carbocycles. The van der Waals surface area contributed by atoms with Crippen molar-refractivity contribution in [3.8, 4) is 0 Å². The van der Waals surface area contributed by atoms with E-state index in [4.69, 9.17) is 4.74 Å². The Balaban J connectivity index is 1.81. The highest BCUT2D eigenvalue weighted by atomic mass is 79.9. The quantitative estimate of drug-likeness (QED) is 0.830. The Morgan fingerprint density at radius 2 is 2.05 bits per heavy atom. The first-order chi connectivity index (χ1) is 10.6. The zero-order valence-electron chi connectivity index (χ0n) is 12.0. The van der Waals surface area contributed by atoms with Gasteiger partial charge in [0.2, 0.25) is 0 Å². The van der Waals surface area contributed by atoms with Gasteiger partial charge in [0.25, 0.3) is 5.91 Å².